The number of anilines is 1. The van der Waals surface area contributed by atoms with Crippen molar-refractivity contribution in [2.75, 3.05) is 25.0 Å². The lowest BCUT2D eigenvalue weighted by Gasteiger charge is -2.23. The van der Waals surface area contributed by atoms with Crippen molar-refractivity contribution in [3.63, 3.8) is 0 Å². The lowest BCUT2D eigenvalue weighted by atomic mass is 10.0. The molecule has 1 aromatic carbocycles. The lowest BCUT2D eigenvalue weighted by Crippen LogP contribution is -2.38. The van der Waals surface area contributed by atoms with Gasteiger partial charge in [-0.15, -0.1) is 0 Å². The molecule has 0 aliphatic carbocycles. The van der Waals surface area contributed by atoms with E-state index in [1.165, 1.54) is 6.92 Å². The molecule has 0 radical (unpaired) electrons. The molecule has 6 nitrogen and oxygen atoms in total. The number of sulfonamides is 1. The summed E-state index contributed by atoms with van der Waals surface area (Å²) >= 11 is 5.92. The van der Waals surface area contributed by atoms with Crippen LogP contribution in [0.3, 0.4) is 0 Å². The maximum Gasteiger partial charge on any atom is 0.243 e. The Morgan fingerprint density at radius 1 is 1.48 bits per heavy atom. The molecule has 9 heteroatoms. The molecule has 3 N–H and O–H groups in total. The molecule has 0 bridgehead atoms. The first kappa shape index (κ1) is 18.1. The van der Waals surface area contributed by atoms with E-state index in [-0.39, 0.29) is 23.2 Å². The Labute approximate surface area is 139 Å². The molecule has 1 fully saturated rings. The highest BCUT2D eigenvalue weighted by molar-refractivity contribution is 7.89. The van der Waals surface area contributed by atoms with Gasteiger partial charge in [-0.05, 0) is 37.9 Å². The predicted molar refractivity (Wildman–Crippen MR) is 86.5 cm³/mol. The zero-order valence-electron chi connectivity index (χ0n) is 12.7. The quantitative estimate of drug-likeness (QED) is 0.743. The van der Waals surface area contributed by atoms with Crippen LogP contribution in [-0.2, 0) is 14.8 Å². The smallest absolute Gasteiger partial charge is 0.243 e. The zero-order chi connectivity index (χ0) is 17.0. The van der Waals surface area contributed by atoms with Crippen LogP contribution in [0.1, 0.15) is 19.8 Å². The van der Waals surface area contributed by atoms with Crippen molar-refractivity contribution in [2.24, 2.45) is 5.92 Å². The molecule has 0 saturated carbocycles. The van der Waals surface area contributed by atoms with E-state index in [1.54, 1.807) is 0 Å². The maximum atomic E-state index is 14.1. The Morgan fingerprint density at radius 2 is 2.22 bits per heavy atom. The fourth-order valence-electron chi connectivity index (χ4n) is 2.42. The van der Waals surface area contributed by atoms with Gasteiger partial charge in [0.05, 0.1) is 10.7 Å². The largest absolute Gasteiger partial charge is 0.325 e. The summed E-state index contributed by atoms with van der Waals surface area (Å²) in [6.07, 6.45) is 1.90. The molecule has 1 saturated heterocycles. The van der Waals surface area contributed by atoms with Gasteiger partial charge in [-0.25, -0.2) is 17.5 Å². The van der Waals surface area contributed by atoms with E-state index in [0.717, 1.165) is 38.1 Å². The first-order chi connectivity index (χ1) is 10.8. The second-order valence-corrected chi connectivity index (χ2v) is 7.65. The Hall–Kier alpha value is -1.22. The minimum absolute atomic E-state index is 0.0343. The molecule has 1 unspecified atom stereocenters. The number of amides is 1. The van der Waals surface area contributed by atoms with Crippen molar-refractivity contribution in [3.05, 3.63) is 23.0 Å². The van der Waals surface area contributed by atoms with E-state index in [4.69, 9.17) is 11.6 Å². The van der Waals surface area contributed by atoms with Crippen LogP contribution in [0.15, 0.2) is 17.0 Å². The van der Waals surface area contributed by atoms with Gasteiger partial charge in [0, 0.05) is 19.5 Å². The molecule has 2 rings (SSSR count). The average molecular weight is 364 g/mol. The summed E-state index contributed by atoms with van der Waals surface area (Å²) in [4.78, 5) is 10.5. The second kappa shape index (κ2) is 7.57. The third kappa shape index (κ3) is 4.87. The number of rotatable bonds is 5. The van der Waals surface area contributed by atoms with Crippen LogP contribution in [0.5, 0.6) is 0 Å². The van der Waals surface area contributed by atoms with E-state index < -0.39 is 26.6 Å². The topological polar surface area (TPSA) is 87.3 Å². The van der Waals surface area contributed by atoms with Crippen LogP contribution in [0.4, 0.5) is 10.1 Å². The van der Waals surface area contributed by atoms with Crippen LogP contribution < -0.4 is 15.4 Å². The van der Waals surface area contributed by atoms with Crippen molar-refractivity contribution < 1.29 is 17.6 Å². The van der Waals surface area contributed by atoms with E-state index in [2.05, 4.69) is 15.4 Å². The van der Waals surface area contributed by atoms with Gasteiger partial charge in [0.15, 0.2) is 0 Å². The van der Waals surface area contributed by atoms with Crippen molar-refractivity contribution in [1.29, 1.82) is 0 Å². The number of carbonyl (C=O) groups is 1. The first-order valence-corrected chi connectivity index (χ1v) is 9.12. The molecule has 1 aliphatic rings. The molecule has 23 heavy (non-hydrogen) atoms. The Bertz CT molecular complexity index is 691. The number of piperidine rings is 1. The summed E-state index contributed by atoms with van der Waals surface area (Å²) < 4.78 is 41.0. The minimum atomic E-state index is -4.01. The molecule has 0 aromatic heterocycles. The van der Waals surface area contributed by atoms with Crippen LogP contribution in [0.2, 0.25) is 5.02 Å². The van der Waals surface area contributed by atoms with E-state index in [1.807, 2.05) is 0 Å². The lowest BCUT2D eigenvalue weighted by molar-refractivity contribution is -0.114. The summed E-state index contributed by atoms with van der Waals surface area (Å²) in [5.41, 5.74) is 0.0343. The van der Waals surface area contributed by atoms with Gasteiger partial charge in [0.25, 0.3) is 0 Å². The van der Waals surface area contributed by atoms with Crippen LogP contribution in [0.25, 0.3) is 0 Å². The standard InChI is InChI=1S/C14H19ClFN3O3S/c1-9(20)19-13-6-12(16)14(5-11(13)15)23(21,22)18-8-10-3-2-4-17-7-10/h5-6,10,17-18H,2-4,7-8H2,1H3,(H,19,20). The van der Waals surface area contributed by atoms with Gasteiger partial charge in [0.1, 0.15) is 10.7 Å². The molecule has 0 spiro atoms. The predicted octanol–water partition coefficient (Wildman–Crippen LogP) is 1.72. The van der Waals surface area contributed by atoms with E-state index in [9.17, 15) is 17.6 Å². The molecular weight excluding hydrogens is 345 g/mol. The van der Waals surface area contributed by atoms with E-state index in [0.29, 0.717) is 0 Å². The zero-order valence-corrected chi connectivity index (χ0v) is 14.2. The fourth-order valence-corrected chi connectivity index (χ4v) is 3.90. The van der Waals surface area contributed by atoms with Gasteiger partial charge < -0.3 is 10.6 Å². The summed E-state index contributed by atoms with van der Waals surface area (Å²) in [6.45, 7) is 3.14. The summed E-state index contributed by atoms with van der Waals surface area (Å²) in [5.74, 6) is -1.21. The molecule has 1 amide bonds. The Morgan fingerprint density at radius 3 is 2.83 bits per heavy atom. The SMILES string of the molecule is CC(=O)Nc1cc(F)c(S(=O)(=O)NCC2CCCNC2)cc1Cl. The summed E-state index contributed by atoms with van der Waals surface area (Å²) in [6, 6.07) is 1.91. The Balaban J connectivity index is 2.15. The van der Waals surface area contributed by atoms with Crippen molar-refractivity contribution in [3.8, 4) is 0 Å². The van der Waals surface area contributed by atoms with Gasteiger partial charge >= 0.3 is 0 Å². The average Bonchev–Trinajstić information content (AvgIpc) is 2.49. The third-order valence-corrected chi connectivity index (χ3v) is 5.33. The fraction of sp³-hybridized carbons (Fsp3) is 0.500. The highest BCUT2D eigenvalue weighted by Gasteiger charge is 2.23. The van der Waals surface area contributed by atoms with Crippen LogP contribution >= 0.6 is 11.6 Å². The molecular formula is C14H19ClFN3O3S. The normalized spacial score (nSPS) is 18.7. The van der Waals surface area contributed by atoms with E-state index >= 15 is 0 Å². The van der Waals surface area contributed by atoms with Crippen molar-refractivity contribution in [1.82, 2.24) is 10.0 Å². The monoisotopic (exact) mass is 363 g/mol. The number of carbonyl (C=O) groups excluding carboxylic acids is 1. The third-order valence-electron chi connectivity index (χ3n) is 3.58. The number of hydrogen-bond acceptors (Lipinski definition) is 4. The van der Waals surface area contributed by atoms with Gasteiger partial charge in [0.2, 0.25) is 15.9 Å². The van der Waals surface area contributed by atoms with Gasteiger partial charge in [-0.3, -0.25) is 4.79 Å². The summed E-state index contributed by atoms with van der Waals surface area (Å²) in [7, 11) is -4.01. The second-order valence-electron chi connectivity index (χ2n) is 5.51. The maximum absolute atomic E-state index is 14.1. The highest BCUT2D eigenvalue weighted by Crippen LogP contribution is 2.28. The number of nitrogens with one attached hydrogen (secondary N) is 3. The number of hydrogen-bond donors (Lipinski definition) is 3. The number of benzene rings is 1. The highest BCUT2D eigenvalue weighted by atomic mass is 35.5. The number of halogens is 2. The van der Waals surface area contributed by atoms with Crippen LogP contribution in [0, 0.1) is 11.7 Å². The molecule has 128 valence electrons. The minimum Gasteiger partial charge on any atom is -0.325 e. The van der Waals surface area contributed by atoms with Gasteiger partial charge in [-0.1, -0.05) is 11.6 Å². The molecule has 1 heterocycles. The molecule has 1 aromatic rings. The van der Waals surface area contributed by atoms with Crippen LogP contribution in [-0.4, -0.2) is 34.0 Å². The van der Waals surface area contributed by atoms with Gasteiger partial charge in [-0.2, -0.15) is 0 Å². The molecule has 1 aliphatic heterocycles. The Kier molecular flexibility index (Phi) is 5.96. The van der Waals surface area contributed by atoms with Crippen molar-refractivity contribution >= 4 is 33.2 Å². The first-order valence-electron chi connectivity index (χ1n) is 7.26. The molecule has 1 atom stereocenters. The van der Waals surface area contributed by atoms with Crippen molar-refractivity contribution in [2.45, 2.75) is 24.7 Å². The summed E-state index contributed by atoms with van der Waals surface area (Å²) in [5, 5.41) is 5.49.